The third-order valence-electron chi connectivity index (χ3n) is 2.90. The number of carbonyl (C=O) groups excluding carboxylic acids is 1. The standard InChI is InChI=1S/C16H21NO3.3C2H6/c1-11(2)19-10-16(3,4)20-14-5-6-15-12(8-14)7-13(9-18)17-15;3*1-2/h5-9,11,17H,10H2,1-4H3;3*1-2H3. The predicted octanol–water partition coefficient (Wildman–Crippen LogP) is 6.64. The van der Waals surface area contributed by atoms with E-state index in [9.17, 15) is 4.79 Å². The molecule has 0 spiro atoms. The zero-order chi connectivity index (χ0) is 20.8. The van der Waals surface area contributed by atoms with Gasteiger partial charge in [-0.15, -0.1) is 0 Å². The summed E-state index contributed by atoms with van der Waals surface area (Å²) in [5.74, 6) is 0.770. The minimum absolute atomic E-state index is 0.181. The number of aromatic amines is 1. The van der Waals surface area contributed by atoms with Crippen molar-refractivity contribution in [2.45, 2.75) is 80.9 Å². The maximum Gasteiger partial charge on any atom is 0.166 e. The average Bonchev–Trinajstić information content (AvgIpc) is 3.07. The van der Waals surface area contributed by atoms with Crippen molar-refractivity contribution in [2.75, 3.05) is 6.61 Å². The molecule has 0 bridgehead atoms. The van der Waals surface area contributed by atoms with Gasteiger partial charge in [-0.2, -0.15) is 0 Å². The molecule has 1 aromatic heterocycles. The molecule has 0 amide bonds. The first kappa shape index (κ1) is 26.4. The molecule has 0 radical (unpaired) electrons. The number of aromatic nitrogens is 1. The number of hydrogen-bond donors (Lipinski definition) is 1. The molecule has 0 saturated heterocycles. The first-order valence-electron chi connectivity index (χ1n) is 9.78. The first-order valence-corrected chi connectivity index (χ1v) is 9.78. The van der Waals surface area contributed by atoms with Crippen LogP contribution in [0.1, 0.15) is 79.7 Å². The molecule has 1 heterocycles. The lowest BCUT2D eigenvalue weighted by atomic mass is 10.1. The summed E-state index contributed by atoms with van der Waals surface area (Å²) >= 11 is 0. The van der Waals surface area contributed by atoms with Gasteiger partial charge in [0.25, 0.3) is 0 Å². The second-order valence-corrected chi connectivity index (χ2v) is 5.81. The second kappa shape index (κ2) is 14.4. The molecule has 26 heavy (non-hydrogen) atoms. The third kappa shape index (κ3) is 9.62. The van der Waals surface area contributed by atoms with Gasteiger partial charge in [0.1, 0.15) is 11.4 Å². The summed E-state index contributed by atoms with van der Waals surface area (Å²) in [5, 5.41) is 0.963. The fourth-order valence-electron chi connectivity index (χ4n) is 1.98. The van der Waals surface area contributed by atoms with E-state index in [2.05, 4.69) is 4.98 Å². The van der Waals surface area contributed by atoms with Crippen LogP contribution in [0.2, 0.25) is 0 Å². The van der Waals surface area contributed by atoms with Gasteiger partial charge in [0.05, 0.1) is 18.4 Å². The number of H-pyrrole nitrogens is 1. The molecule has 0 fully saturated rings. The number of ether oxygens (including phenoxy) is 2. The van der Waals surface area contributed by atoms with Gasteiger partial charge in [-0.25, -0.2) is 0 Å². The highest BCUT2D eigenvalue weighted by molar-refractivity contribution is 5.88. The van der Waals surface area contributed by atoms with Gasteiger partial charge in [0.2, 0.25) is 0 Å². The minimum atomic E-state index is -0.401. The van der Waals surface area contributed by atoms with Crippen molar-refractivity contribution in [1.29, 1.82) is 0 Å². The van der Waals surface area contributed by atoms with Gasteiger partial charge in [-0.05, 0) is 52.0 Å². The van der Waals surface area contributed by atoms with Crippen molar-refractivity contribution in [3.63, 3.8) is 0 Å². The number of benzene rings is 1. The van der Waals surface area contributed by atoms with Crippen molar-refractivity contribution >= 4 is 17.2 Å². The quantitative estimate of drug-likeness (QED) is 0.584. The van der Waals surface area contributed by atoms with Gasteiger partial charge in [-0.1, -0.05) is 41.5 Å². The molecular formula is C22H39NO3. The van der Waals surface area contributed by atoms with E-state index in [1.54, 1.807) is 0 Å². The topological polar surface area (TPSA) is 51.3 Å². The lowest BCUT2D eigenvalue weighted by Gasteiger charge is -2.27. The highest BCUT2D eigenvalue weighted by Crippen LogP contribution is 2.24. The van der Waals surface area contributed by atoms with Crippen molar-refractivity contribution in [3.8, 4) is 5.75 Å². The van der Waals surface area contributed by atoms with Crippen molar-refractivity contribution in [2.24, 2.45) is 0 Å². The number of carbonyl (C=O) groups is 1. The van der Waals surface area contributed by atoms with E-state index in [1.165, 1.54) is 0 Å². The van der Waals surface area contributed by atoms with E-state index in [4.69, 9.17) is 9.47 Å². The van der Waals surface area contributed by atoms with E-state index in [-0.39, 0.29) is 6.10 Å². The van der Waals surface area contributed by atoms with Gasteiger partial charge in [-0.3, -0.25) is 4.79 Å². The highest BCUT2D eigenvalue weighted by Gasteiger charge is 2.21. The molecule has 0 saturated carbocycles. The van der Waals surface area contributed by atoms with E-state index in [0.29, 0.717) is 12.3 Å². The van der Waals surface area contributed by atoms with Crippen LogP contribution in [0.25, 0.3) is 10.9 Å². The van der Waals surface area contributed by atoms with Gasteiger partial charge in [0.15, 0.2) is 6.29 Å². The smallest absolute Gasteiger partial charge is 0.166 e. The van der Waals surface area contributed by atoms with E-state index in [0.717, 1.165) is 22.9 Å². The fourth-order valence-corrected chi connectivity index (χ4v) is 1.98. The third-order valence-corrected chi connectivity index (χ3v) is 2.90. The Morgan fingerprint density at radius 1 is 1.04 bits per heavy atom. The molecule has 4 nitrogen and oxygen atoms in total. The summed E-state index contributed by atoms with van der Waals surface area (Å²) in [6.07, 6.45) is 0.987. The Kier molecular flexibility index (Phi) is 14.6. The summed E-state index contributed by atoms with van der Waals surface area (Å²) < 4.78 is 11.6. The Bertz CT molecular complexity index is 600. The number of hydrogen-bond acceptors (Lipinski definition) is 3. The van der Waals surface area contributed by atoms with Crippen LogP contribution in [0.15, 0.2) is 24.3 Å². The van der Waals surface area contributed by atoms with Crippen molar-refractivity contribution in [3.05, 3.63) is 30.0 Å². The number of nitrogens with one attached hydrogen (secondary N) is 1. The predicted molar refractivity (Wildman–Crippen MR) is 114 cm³/mol. The second-order valence-electron chi connectivity index (χ2n) is 5.81. The monoisotopic (exact) mass is 365 g/mol. The molecule has 4 heteroatoms. The zero-order valence-electron chi connectivity index (χ0n) is 18.4. The van der Waals surface area contributed by atoms with E-state index < -0.39 is 5.60 Å². The summed E-state index contributed by atoms with van der Waals surface area (Å²) in [6.45, 7) is 20.5. The molecule has 2 aromatic rings. The molecular weight excluding hydrogens is 326 g/mol. The Labute approximate surface area is 160 Å². The largest absolute Gasteiger partial charge is 0.485 e. The molecule has 0 atom stereocenters. The van der Waals surface area contributed by atoms with Gasteiger partial charge in [0, 0.05) is 10.9 Å². The molecule has 0 aliphatic rings. The van der Waals surface area contributed by atoms with E-state index >= 15 is 0 Å². The average molecular weight is 366 g/mol. The van der Waals surface area contributed by atoms with Crippen LogP contribution in [0.4, 0.5) is 0 Å². The normalized spacial score (nSPS) is 9.96. The lowest BCUT2D eigenvalue weighted by Crippen LogP contribution is -2.35. The summed E-state index contributed by atoms with van der Waals surface area (Å²) in [4.78, 5) is 13.8. The van der Waals surface area contributed by atoms with Crippen LogP contribution in [-0.2, 0) is 4.74 Å². The summed E-state index contributed by atoms with van der Waals surface area (Å²) in [6, 6.07) is 7.55. The van der Waals surface area contributed by atoms with Gasteiger partial charge >= 0.3 is 0 Å². The summed E-state index contributed by atoms with van der Waals surface area (Å²) in [7, 11) is 0. The molecule has 1 N–H and O–H groups in total. The Morgan fingerprint density at radius 3 is 2.12 bits per heavy atom. The van der Waals surface area contributed by atoms with Crippen LogP contribution in [0, 0.1) is 0 Å². The van der Waals surface area contributed by atoms with Crippen molar-refractivity contribution < 1.29 is 14.3 Å². The Balaban J connectivity index is 0. The molecule has 0 aliphatic carbocycles. The zero-order valence-corrected chi connectivity index (χ0v) is 18.4. The van der Waals surface area contributed by atoms with Gasteiger partial charge < -0.3 is 14.5 Å². The molecule has 1 aromatic carbocycles. The van der Waals surface area contributed by atoms with Crippen LogP contribution >= 0.6 is 0 Å². The number of rotatable bonds is 6. The lowest BCUT2D eigenvalue weighted by molar-refractivity contribution is -0.0276. The van der Waals surface area contributed by atoms with Crippen LogP contribution in [-0.4, -0.2) is 29.6 Å². The van der Waals surface area contributed by atoms with E-state index in [1.807, 2.05) is 93.5 Å². The Hall–Kier alpha value is -1.81. The SMILES string of the molecule is CC.CC.CC.CC(C)OCC(C)(C)Oc1ccc2[nH]c(C=O)cc2c1. The van der Waals surface area contributed by atoms with Crippen LogP contribution < -0.4 is 4.74 Å². The maximum atomic E-state index is 10.8. The summed E-state index contributed by atoms with van der Waals surface area (Å²) in [5.41, 5.74) is 1.09. The first-order chi connectivity index (χ1) is 12.4. The fraction of sp³-hybridized carbons (Fsp3) is 0.591. The number of fused-ring (bicyclic) bond motifs is 1. The van der Waals surface area contributed by atoms with Crippen LogP contribution in [0.5, 0.6) is 5.75 Å². The Morgan fingerprint density at radius 2 is 1.62 bits per heavy atom. The van der Waals surface area contributed by atoms with Crippen molar-refractivity contribution in [1.82, 2.24) is 4.98 Å². The highest BCUT2D eigenvalue weighted by atomic mass is 16.5. The molecule has 0 unspecified atom stereocenters. The number of aldehydes is 1. The molecule has 150 valence electrons. The van der Waals surface area contributed by atoms with Crippen LogP contribution in [0.3, 0.4) is 0 Å². The molecule has 2 rings (SSSR count). The molecule has 0 aliphatic heterocycles. The minimum Gasteiger partial charge on any atom is -0.485 e. The maximum absolute atomic E-state index is 10.8.